The van der Waals surface area contributed by atoms with E-state index in [0.717, 1.165) is 46.3 Å². The summed E-state index contributed by atoms with van der Waals surface area (Å²) in [6.45, 7) is 4.23. The zero-order valence-corrected chi connectivity index (χ0v) is 14.6. The highest BCUT2D eigenvalue weighted by atomic mass is 16.7. The maximum absolute atomic E-state index is 5.83. The quantitative estimate of drug-likeness (QED) is 0.545. The number of guanidine groups is 1. The van der Waals surface area contributed by atoms with Gasteiger partial charge in [0, 0.05) is 11.9 Å². The molecule has 4 rings (SSSR count). The molecule has 1 aliphatic rings. The Bertz CT molecular complexity index is 900. The van der Waals surface area contributed by atoms with Crippen molar-refractivity contribution in [2.75, 3.05) is 13.3 Å². The van der Waals surface area contributed by atoms with Gasteiger partial charge in [0.1, 0.15) is 11.3 Å². The van der Waals surface area contributed by atoms with Gasteiger partial charge in [-0.05, 0) is 36.8 Å². The standard InChI is InChI=1S/C20H21N3O3/c1-2-21-20(22-11-14-7-8-18-19(9-14)25-13-24-18)23-12-16-10-15-5-3-4-6-17(15)26-16/h3-10H,2,11-13H2,1H3,(H2,21,22,23). The largest absolute Gasteiger partial charge is 0.459 e. The van der Waals surface area contributed by atoms with E-state index in [9.17, 15) is 0 Å². The molecule has 0 bridgehead atoms. The van der Waals surface area contributed by atoms with Crippen LogP contribution in [0.1, 0.15) is 18.2 Å². The average molecular weight is 351 g/mol. The van der Waals surface area contributed by atoms with Gasteiger partial charge in [0.15, 0.2) is 17.5 Å². The summed E-state index contributed by atoms with van der Waals surface area (Å²) in [5.74, 6) is 3.18. The fraction of sp³-hybridized carbons (Fsp3) is 0.250. The Labute approximate surface area is 151 Å². The molecule has 6 heteroatoms. The molecule has 1 aromatic heterocycles. The van der Waals surface area contributed by atoms with Crippen LogP contribution in [0.3, 0.4) is 0 Å². The highest BCUT2D eigenvalue weighted by Crippen LogP contribution is 2.32. The number of hydrogen-bond donors (Lipinski definition) is 2. The van der Waals surface area contributed by atoms with E-state index in [-0.39, 0.29) is 6.79 Å². The fourth-order valence-electron chi connectivity index (χ4n) is 2.85. The van der Waals surface area contributed by atoms with Crippen LogP contribution in [0.15, 0.2) is 57.9 Å². The second-order valence-electron chi connectivity index (χ2n) is 5.99. The highest BCUT2D eigenvalue weighted by molar-refractivity contribution is 5.80. The van der Waals surface area contributed by atoms with Crippen molar-refractivity contribution in [3.05, 3.63) is 59.9 Å². The maximum Gasteiger partial charge on any atom is 0.231 e. The summed E-state index contributed by atoms with van der Waals surface area (Å²) in [6.07, 6.45) is 0. The lowest BCUT2D eigenvalue weighted by molar-refractivity contribution is 0.174. The molecule has 0 radical (unpaired) electrons. The smallest absolute Gasteiger partial charge is 0.231 e. The zero-order valence-electron chi connectivity index (χ0n) is 14.6. The van der Waals surface area contributed by atoms with Gasteiger partial charge in [-0.3, -0.25) is 0 Å². The number of furan rings is 1. The fourth-order valence-corrected chi connectivity index (χ4v) is 2.85. The van der Waals surface area contributed by atoms with Gasteiger partial charge in [0.2, 0.25) is 6.79 Å². The van der Waals surface area contributed by atoms with Crippen molar-refractivity contribution in [3.63, 3.8) is 0 Å². The van der Waals surface area contributed by atoms with Crippen LogP contribution < -0.4 is 20.1 Å². The second kappa shape index (κ2) is 7.39. The molecule has 6 nitrogen and oxygen atoms in total. The van der Waals surface area contributed by atoms with Gasteiger partial charge in [-0.15, -0.1) is 0 Å². The summed E-state index contributed by atoms with van der Waals surface area (Å²) >= 11 is 0. The Hall–Kier alpha value is -3.15. The number of nitrogens with zero attached hydrogens (tertiary/aromatic N) is 1. The third-order valence-corrected chi connectivity index (χ3v) is 4.11. The highest BCUT2D eigenvalue weighted by Gasteiger charge is 2.13. The summed E-state index contributed by atoms with van der Waals surface area (Å²) in [6, 6.07) is 15.9. The van der Waals surface area contributed by atoms with Crippen molar-refractivity contribution < 1.29 is 13.9 Å². The molecule has 0 aliphatic carbocycles. The van der Waals surface area contributed by atoms with E-state index in [1.54, 1.807) is 0 Å². The number of nitrogens with one attached hydrogen (secondary N) is 2. The number of ether oxygens (including phenoxy) is 2. The van der Waals surface area contributed by atoms with Crippen molar-refractivity contribution in [2.24, 2.45) is 4.99 Å². The Morgan fingerprint density at radius 1 is 1.04 bits per heavy atom. The molecule has 26 heavy (non-hydrogen) atoms. The number of fused-ring (bicyclic) bond motifs is 2. The van der Waals surface area contributed by atoms with Gasteiger partial charge in [0.25, 0.3) is 0 Å². The molecular formula is C20H21N3O3. The van der Waals surface area contributed by atoms with Gasteiger partial charge in [-0.25, -0.2) is 4.99 Å². The molecule has 0 spiro atoms. The molecule has 0 amide bonds. The average Bonchev–Trinajstić information content (AvgIpc) is 3.29. The van der Waals surface area contributed by atoms with E-state index in [2.05, 4.69) is 15.6 Å². The van der Waals surface area contributed by atoms with Crippen LogP contribution >= 0.6 is 0 Å². The Morgan fingerprint density at radius 2 is 1.92 bits per heavy atom. The first-order valence-corrected chi connectivity index (χ1v) is 8.70. The molecule has 3 aromatic rings. The van der Waals surface area contributed by atoms with Crippen LogP contribution in [0, 0.1) is 0 Å². The predicted molar refractivity (Wildman–Crippen MR) is 100 cm³/mol. The van der Waals surface area contributed by atoms with E-state index < -0.39 is 0 Å². The third kappa shape index (κ3) is 3.59. The zero-order chi connectivity index (χ0) is 17.8. The Kier molecular flexibility index (Phi) is 4.64. The number of rotatable bonds is 5. The van der Waals surface area contributed by atoms with Crippen molar-refractivity contribution in [1.29, 1.82) is 0 Å². The topological polar surface area (TPSA) is 68.0 Å². The Balaban J connectivity index is 1.42. The first kappa shape index (κ1) is 16.3. The summed E-state index contributed by atoms with van der Waals surface area (Å²) < 4.78 is 16.6. The molecule has 2 N–H and O–H groups in total. The van der Waals surface area contributed by atoms with Gasteiger partial charge in [-0.2, -0.15) is 0 Å². The van der Waals surface area contributed by atoms with Crippen molar-refractivity contribution in [2.45, 2.75) is 20.0 Å². The minimum atomic E-state index is 0.281. The molecule has 1 aliphatic heterocycles. The molecule has 0 saturated carbocycles. The third-order valence-electron chi connectivity index (χ3n) is 4.11. The van der Waals surface area contributed by atoms with Crippen LogP contribution in [0.5, 0.6) is 11.5 Å². The predicted octanol–water partition coefficient (Wildman–Crippen LogP) is 3.42. The molecule has 0 saturated heterocycles. The van der Waals surface area contributed by atoms with Crippen LogP contribution in [0.4, 0.5) is 0 Å². The van der Waals surface area contributed by atoms with E-state index in [1.165, 1.54) is 0 Å². The molecule has 0 atom stereocenters. The molecular weight excluding hydrogens is 330 g/mol. The van der Waals surface area contributed by atoms with Crippen LogP contribution in [0.2, 0.25) is 0 Å². The van der Waals surface area contributed by atoms with E-state index in [1.807, 2.05) is 55.5 Å². The molecule has 0 unspecified atom stereocenters. The van der Waals surface area contributed by atoms with Crippen molar-refractivity contribution in [1.82, 2.24) is 10.6 Å². The van der Waals surface area contributed by atoms with Gasteiger partial charge in [0.05, 0.1) is 13.1 Å². The minimum Gasteiger partial charge on any atom is -0.459 e. The number of benzene rings is 2. The second-order valence-corrected chi connectivity index (χ2v) is 5.99. The van der Waals surface area contributed by atoms with Crippen molar-refractivity contribution >= 4 is 16.9 Å². The first-order valence-electron chi connectivity index (χ1n) is 8.70. The van der Waals surface area contributed by atoms with Crippen LogP contribution in [-0.2, 0) is 13.1 Å². The van der Waals surface area contributed by atoms with Gasteiger partial charge in [-0.1, -0.05) is 24.3 Å². The SMILES string of the molecule is CCNC(=NCc1ccc2c(c1)OCO2)NCc1cc2ccccc2o1. The number of aliphatic imine (C=N–C) groups is 1. The summed E-state index contributed by atoms with van der Waals surface area (Å²) in [5, 5.41) is 7.66. The van der Waals surface area contributed by atoms with E-state index in [0.29, 0.717) is 13.1 Å². The first-order chi connectivity index (χ1) is 12.8. The summed E-state index contributed by atoms with van der Waals surface area (Å²) in [4.78, 5) is 4.63. The lowest BCUT2D eigenvalue weighted by Gasteiger charge is -2.10. The lowest BCUT2D eigenvalue weighted by atomic mass is 10.2. The number of hydrogen-bond acceptors (Lipinski definition) is 4. The van der Waals surface area contributed by atoms with Crippen LogP contribution in [0.25, 0.3) is 11.0 Å². The van der Waals surface area contributed by atoms with Crippen LogP contribution in [-0.4, -0.2) is 19.3 Å². The van der Waals surface area contributed by atoms with Gasteiger partial charge < -0.3 is 24.5 Å². The summed E-state index contributed by atoms with van der Waals surface area (Å²) in [5.41, 5.74) is 1.96. The van der Waals surface area contributed by atoms with Crippen molar-refractivity contribution in [3.8, 4) is 11.5 Å². The van der Waals surface area contributed by atoms with E-state index in [4.69, 9.17) is 13.9 Å². The summed E-state index contributed by atoms with van der Waals surface area (Å²) in [7, 11) is 0. The molecule has 2 aromatic carbocycles. The normalized spacial score (nSPS) is 13.2. The molecule has 2 heterocycles. The molecule has 134 valence electrons. The lowest BCUT2D eigenvalue weighted by Crippen LogP contribution is -2.36. The van der Waals surface area contributed by atoms with E-state index >= 15 is 0 Å². The molecule has 0 fully saturated rings. The Morgan fingerprint density at radius 3 is 2.81 bits per heavy atom. The maximum atomic E-state index is 5.83. The monoisotopic (exact) mass is 351 g/mol. The minimum absolute atomic E-state index is 0.281. The van der Waals surface area contributed by atoms with Gasteiger partial charge >= 0.3 is 0 Å². The number of para-hydroxylation sites is 1.